The van der Waals surface area contributed by atoms with Gasteiger partial charge in [0.2, 0.25) is 5.28 Å². The zero-order valence-electron chi connectivity index (χ0n) is 12.8. The molecule has 0 saturated heterocycles. The minimum absolute atomic E-state index is 0.276. The average Bonchev–Trinajstić information content (AvgIpc) is 2.73. The summed E-state index contributed by atoms with van der Waals surface area (Å²) >= 11 is 7.74. The fourth-order valence-electron chi connectivity index (χ4n) is 2.16. The minimum Gasteiger partial charge on any atom is -0.383 e. The van der Waals surface area contributed by atoms with Crippen molar-refractivity contribution >= 4 is 39.0 Å². The van der Waals surface area contributed by atoms with E-state index in [0.717, 1.165) is 29.1 Å². The SMILES string of the molecule is COCCN(CCOC)c1nc(Cl)nc2sc(C)c(C)c12. The van der Waals surface area contributed by atoms with Crippen LogP contribution in [0.5, 0.6) is 0 Å². The predicted octanol–water partition coefficient (Wildman–Crippen LogP) is 3.06. The molecule has 0 aliphatic rings. The number of hydrogen-bond donors (Lipinski definition) is 0. The van der Waals surface area contributed by atoms with Crippen molar-refractivity contribution in [3.05, 3.63) is 15.7 Å². The first kappa shape index (κ1) is 16.4. The van der Waals surface area contributed by atoms with E-state index < -0.39 is 0 Å². The maximum Gasteiger partial charge on any atom is 0.225 e. The molecule has 2 heterocycles. The Labute approximate surface area is 133 Å². The van der Waals surface area contributed by atoms with Crippen molar-refractivity contribution in [2.75, 3.05) is 45.4 Å². The molecule has 0 fully saturated rings. The Morgan fingerprint density at radius 3 is 2.29 bits per heavy atom. The number of thiophene rings is 1. The summed E-state index contributed by atoms with van der Waals surface area (Å²) in [4.78, 5) is 13.1. The van der Waals surface area contributed by atoms with E-state index >= 15 is 0 Å². The van der Waals surface area contributed by atoms with Crippen molar-refractivity contribution < 1.29 is 9.47 Å². The minimum atomic E-state index is 0.276. The van der Waals surface area contributed by atoms with Crippen LogP contribution in [0.2, 0.25) is 5.28 Å². The first-order chi connectivity index (χ1) is 10.1. The lowest BCUT2D eigenvalue weighted by molar-refractivity contribution is 0.190. The monoisotopic (exact) mass is 329 g/mol. The fraction of sp³-hybridized carbons (Fsp3) is 0.571. The van der Waals surface area contributed by atoms with Gasteiger partial charge in [-0.1, -0.05) is 0 Å². The third-order valence-electron chi connectivity index (χ3n) is 3.41. The Morgan fingerprint density at radius 2 is 1.71 bits per heavy atom. The zero-order chi connectivity index (χ0) is 15.4. The summed E-state index contributed by atoms with van der Waals surface area (Å²) in [5.74, 6) is 0.862. The zero-order valence-corrected chi connectivity index (χ0v) is 14.3. The standard InChI is InChI=1S/C14H20ClN3O2S/c1-9-10(2)21-13-11(9)12(16-14(15)17-13)18(5-7-19-3)6-8-20-4/h5-8H2,1-4H3. The second-order valence-corrected chi connectivity index (χ2v) is 6.29. The number of rotatable bonds is 7. The van der Waals surface area contributed by atoms with Crippen LogP contribution in [0.4, 0.5) is 5.82 Å². The number of nitrogens with zero attached hydrogens (tertiary/aromatic N) is 3. The van der Waals surface area contributed by atoms with Crippen molar-refractivity contribution in [3.63, 3.8) is 0 Å². The highest BCUT2D eigenvalue weighted by atomic mass is 35.5. The topological polar surface area (TPSA) is 47.5 Å². The van der Waals surface area contributed by atoms with Crippen molar-refractivity contribution in [1.82, 2.24) is 9.97 Å². The fourth-order valence-corrected chi connectivity index (χ4v) is 3.40. The smallest absolute Gasteiger partial charge is 0.225 e. The maximum absolute atomic E-state index is 6.09. The molecule has 0 bridgehead atoms. The largest absolute Gasteiger partial charge is 0.383 e. The Balaban J connectivity index is 2.49. The average molecular weight is 330 g/mol. The van der Waals surface area contributed by atoms with Gasteiger partial charge in [0, 0.05) is 32.2 Å². The van der Waals surface area contributed by atoms with E-state index in [-0.39, 0.29) is 5.28 Å². The van der Waals surface area contributed by atoms with Gasteiger partial charge in [0.25, 0.3) is 0 Å². The van der Waals surface area contributed by atoms with Crippen molar-refractivity contribution in [1.29, 1.82) is 0 Å². The van der Waals surface area contributed by atoms with Gasteiger partial charge in [-0.2, -0.15) is 4.98 Å². The molecule has 0 amide bonds. The molecular formula is C14H20ClN3O2S. The second-order valence-electron chi connectivity index (χ2n) is 4.75. The molecule has 0 atom stereocenters. The van der Waals surface area contributed by atoms with Crippen LogP contribution in [-0.4, -0.2) is 50.5 Å². The molecule has 0 unspecified atom stereocenters. The maximum atomic E-state index is 6.09. The lowest BCUT2D eigenvalue weighted by Gasteiger charge is -2.24. The first-order valence-electron chi connectivity index (χ1n) is 6.74. The van der Waals surface area contributed by atoms with Crippen molar-refractivity contribution in [2.45, 2.75) is 13.8 Å². The Hall–Kier alpha value is -0.950. The number of ether oxygens (including phenoxy) is 2. The van der Waals surface area contributed by atoms with E-state index in [1.165, 1.54) is 10.4 Å². The molecule has 2 aromatic rings. The molecule has 0 N–H and O–H groups in total. The highest BCUT2D eigenvalue weighted by Crippen LogP contribution is 2.35. The number of aromatic nitrogens is 2. The molecule has 0 aliphatic heterocycles. The van der Waals surface area contributed by atoms with Crippen LogP contribution >= 0.6 is 22.9 Å². The van der Waals surface area contributed by atoms with Gasteiger partial charge in [0.05, 0.1) is 18.6 Å². The normalized spacial score (nSPS) is 11.3. The van der Waals surface area contributed by atoms with E-state index in [0.29, 0.717) is 13.2 Å². The number of hydrogen-bond acceptors (Lipinski definition) is 6. The molecule has 116 valence electrons. The lowest BCUT2D eigenvalue weighted by Crippen LogP contribution is -2.31. The number of halogens is 1. The summed E-state index contributed by atoms with van der Waals surface area (Å²) in [6.45, 7) is 6.89. The lowest BCUT2D eigenvalue weighted by atomic mass is 10.2. The molecule has 5 nitrogen and oxygen atoms in total. The van der Waals surface area contributed by atoms with Crippen LogP contribution in [0.1, 0.15) is 10.4 Å². The molecule has 0 aromatic carbocycles. The molecule has 2 rings (SSSR count). The first-order valence-corrected chi connectivity index (χ1v) is 7.94. The third-order valence-corrected chi connectivity index (χ3v) is 4.68. The molecule has 0 radical (unpaired) electrons. The number of anilines is 1. The van der Waals surface area contributed by atoms with Crippen LogP contribution in [-0.2, 0) is 9.47 Å². The van der Waals surface area contributed by atoms with Crippen LogP contribution in [0.3, 0.4) is 0 Å². The van der Waals surface area contributed by atoms with Crippen molar-refractivity contribution in [2.24, 2.45) is 0 Å². The number of methoxy groups -OCH3 is 2. The van der Waals surface area contributed by atoms with E-state index in [4.69, 9.17) is 21.1 Å². The van der Waals surface area contributed by atoms with E-state index in [1.807, 2.05) is 0 Å². The van der Waals surface area contributed by atoms with Gasteiger partial charge in [0.1, 0.15) is 10.6 Å². The van der Waals surface area contributed by atoms with Crippen LogP contribution in [0.25, 0.3) is 10.2 Å². The Kier molecular flexibility index (Phi) is 5.75. The number of aryl methyl sites for hydroxylation is 2. The van der Waals surface area contributed by atoms with Gasteiger partial charge in [-0.05, 0) is 31.0 Å². The van der Waals surface area contributed by atoms with Gasteiger partial charge < -0.3 is 14.4 Å². The van der Waals surface area contributed by atoms with E-state index in [9.17, 15) is 0 Å². The number of fused-ring (bicyclic) bond motifs is 1. The molecule has 2 aromatic heterocycles. The van der Waals surface area contributed by atoms with Gasteiger partial charge in [-0.3, -0.25) is 0 Å². The predicted molar refractivity (Wildman–Crippen MR) is 87.9 cm³/mol. The summed E-state index contributed by atoms with van der Waals surface area (Å²) < 4.78 is 10.4. The highest BCUT2D eigenvalue weighted by molar-refractivity contribution is 7.18. The van der Waals surface area contributed by atoms with Crippen LogP contribution < -0.4 is 4.90 Å². The van der Waals surface area contributed by atoms with Gasteiger partial charge in [-0.15, -0.1) is 11.3 Å². The summed E-state index contributed by atoms with van der Waals surface area (Å²) in [5, 5.41) is 1.35. The van der Waals surface area contributed by atoms with Crippen LogP contribution in [0.15, 0.2) is 0 Å². The second kappa shape index (κ2) is 7.35. The molecule has 0 saturated carbocycles. The van der Waals surface area contributed by atoms with E-state index in [1.54, 1.807) is 25.6 Å². The quantitative estimate of drug-likeness (QED) is 0.731. The molecule has 0 spiro atoms. The Morgan fingerprint density at radius 1 is 1.10 bits per heavy atom. The van der Waals surface area contributed by atoms with Gasteiger partial charge >= 0.3 is 0 Å². The summed E-state index contributed by atoms with van der Waals surface area (Å²) in [7, 11) is 3.38. The molecule has 0 aliphatic carbocycles. The van der Waals surface area contributed by atoms with Crippen molar-refractivity contribution in [3.8, 4) is 0 Å². The Bertz CT molecular complexity index is 610. The molecular weight excluding hydrogens is 310 g/mol. The van der Waals surface area contributed by atoms with Gasteiger partial charge in [0.15, 0.2) is 0 Å². The van der Waals surface area contributed by atoms with Gasteiger partial charge in [-0.25, -0.2) is 4.98 Å². The summed E-state index contributed by atoms with van der Waals surface area (Å²) in [6, 6.07) is 0. The molecule has 21 heavy (non-hydrogen) atoms. The highest BCUT2D eigenvalue weighted by Gasteiger charge is 2.18. The third kappa shape index (κ3) is 3.63. The summed E-state index contributed by atoms with van der Waals surface area (Å²) in [5.41, 5.74) is 1.21. The van der Waals surface area contributed by atoms with Crippen LogP contribution in [0, 0.1) is 13.8 Å². The molecule has 7 heteroatoms. The summed E-state index contributed by atoms with van der Waals surface area (Å²) in [6.07, 6.45) is 0. The van der Waals surface area contributed by atoms with E-state index in [2.05, 4.69) is 28.7 Å².